The third-order valence-electron chi connectivity index (χ3n) is 6.03. The van der Waals surface area contributed by atoms with Crippen LogP contribution >= 0.6 is 0 Å². The maximum atomic E-state index is 9.01. The lowest BCUT2D eigenvalue weighted by Gasteiger charge is -2.26. The number of aryl methyl sites for hydroxylation is 1. The van der Waals surface area contributed by atoms with Crippen LogP contribution in [0.25, 0.3) is 0 Å². The zero-order valence-corrected chi connectivity index (χ0v) is 17.6. The van der Waals surface area contributed by atoms with E-state index in [4.69, 9.17) is 20.3 Å². The van der Waals surface area contributed by atoms with E-state index >= 15 is 0 Å². The second-order valence-electron chi connectivity index (χ2n) is 8.16. The number of nitrogens with two attached hydrogens (primary N) is 1. The molecule has 0 aromatic heterocycles. The number of aliphatic hydroxyl groups is 1. The molecular formula is C25H35NO3. The molecule has 0 saturated carbocycles. The first-order valence-electron chi connectivity index (χ1n) is 10.9. The van der Waals surface area contributed by atoms with E-state index in [0.717, 1.165) is 50.0 Å². The molecule has 0 spiro atoms. The van der Waals surface area contributed by atoms with Crippen LogP contribution in [0.5, 0.6) is 5.75 Å². The number of ether oxygens (including phenoxy) is 2. The van der Waals surface area contributed by atoms with E-state index in [0.29, 0.717) is 25.0 Å². The Hall–Kier alpha value is -1.88. The van der Waals surface area contributed by atoms with Crippen molar-refractivity contribution in [2.45, 2.75) is 51.0 Å². The molecule has 0 aliphatic heterocycles. The number of hydrogen-bond acceptors (Lipinski definition) is 4. The smallest absolute Gasteiger partial charge is 0.119 e. The summed E-state index contributed by atoms with van der Waals surface area (Å²) in [6, 6.07) is 15.0. The fourth-order valence-electron chi connectivity index (χ4n) is 4.28. The zero-order chi connectivity index (χ0) is 20.5. The topological polar surface area (TPSA) is 64.7 Å². The summed E-state index contributed by atoms with van der Waals surface area (Å²) in [5.74, 6) is 1.85. The standard InChI is InChI=1S/C25H35NO3/c1-28-25-7-4-5-19(14-25)17-29-18-20-8-9-22-15-23(11-10-21(22)13-20)24(16-26)6-2-3-12-27/h4-5,7,10-11,14-15,20,24,27H,2-3,6,8-9,12-13,16-18,26H2,1H3/t20-,24+/m1/s1. The van der Waals surface area contributed by atoms with Crippen LogP contribution < -0.4 is 10.5 Å². The largest absolute Gasteiger partial charge is 0.497 e. The van der Waals surface area contributed by atoms with E-state index in [1.54, 1.807) is 7.11 Å². The van der Waals surface area contributed by atoms with Crippen molar-refractivity contribution in [1.82, 2.24) is 0 Å². The molecule has 4 nitrogen and oxygen atoms in total. The maximum Gasteiger partial charge on any atom is 0.119 e. The second-order valence-corrected chi connectivity index (χ2v) is 8.16. The van der Waals surface area contributed by atoms with Gasteiger partial charge in [0.1, 0.15) is 5.75 Å². The fourth-order valence-corrected chi connectivity index (χ4v) is 4.28. The van der Waals surface area contributed by atoms with Gasteiger partial charge in [0.15, 0.2) is 0 Å². The molecule has 0 fully saturated rings. The van der Waals surface area contributed by atoms with Crippen molar-refractivity contribution in [3.8, 4) is 5.75 Å². The summed E-state index contributed by atoms with van der Waals surface area (Å²) < 4.78 is 11.3. The highest BCUT2D eigenvalue weighted by Gasteiger charge is 2.20. The van der Waals surface area contributed by atoms with Gasteiger partial charge in [-0.05, 0) is 84.9 Å². The van der Waals surface area contributed by atoms with Crippen molar-refractivity contribution in [2.24, 2.45) is 11.7 Å². The van der Waals surface area contributed by atoms with Gasteiger partial charge in [0.25, 0.3) is 0 Å². The number of aliphatic hydroxyl groups excluding tert-OH is 1. The highest BCUT2D eigenvalue weighted by molar-refractivity contribution is 5.36. The molecular weight excluding hydrogens is 362 g/mol. The van der Waals surface area contributed by atoms with E-state index < -0.39 is 0 Å². The molecule has 3 N–H and O–H groups in total. The molecule has 1 aliphatic carbocycles. The normalized spacial score (nSPS) is 17.0. The van der Waals surface area contributed by atoms with Crippen LogP contribution in [0.15, 0.2) is 42.5 Å². The Morgan fingerprint density at radius 1 is 1.14 bits per heavy atom. The predicted octanol–water partition coefficient (Wildman–Crippen LogP) is 4.22. The lowest BCUT2D eigenvalue weighted by atomic mass is 9.81. The third-order valence-corrected chi connectivity index (χ3v) is 6.03. The summed E-state index contributed by atoms with van der Waals surface area (Å²) in [6.07, 6.45) is 6.32. The van der Waals surface area contributed by atoms with Crippen LogP contribution in [0, 0.1) is 5.92 Å². The van der Waals surface area contributed by atoms with Gasteiger partial charge in [-0.25, -0.2) is 0 Å². The number of rotatable bonds is 11. The van der Waals surface area contributed by atoms with Crippen LogP contribution in [-0.4, -0.2) is 32.0 Å². The summed E-state index contributed by atoms with van der Waals surface area (Å²) in [5.41, 5.74) is 11.5. The van der Waals surface area contributed by atoms with Gasteiger partial charge < -0.3 is 20.3 Å². The Balaban J connectivity index is 1.51. The Morgan fingerprint density at radius 3 is 2.83 bits per heavy atom. The van der Waals surface area contributed by atoms with Crippen LogP contribution in [0.1, 0.15) is 53.9 Å². The average Bonchev–Trinajstić information content (AvgIpc) is 2.76. The number of hydrogen-bond donors (Lipinski definition) is 2. The fraction of sp³-hybridized carbons (Fsp3) is 0.520. The van der Waals surface area contributed by atoms with Crippen LogP contribution in [0.4, 0.5) is 0 Å². The van der Waals surface area contributed by atoms with Crippen molar-refractivity contribution in [3.05, 3.63) is 64.7 Å². The van der Waals surface area contributed by atoms with Gasteiger partial charge in [-0.3, -0.25) is 0 Å². The Bertz CT molecular complexity index is 761. The number of unbranched alkanes of at least 4 members (excludes halogenated alkanes) is 1. The number of benzene rings is 2. The Labute approximate surface area is 175 Å². The second kappa shape index (κ2) is 11.3. The Kier molecular flexibility index (Phi) is 8.53. The van der Waals surface area contributed by atoms with Crippen molar-refractivity contribution in [3.63, 3.8) is 0 Å². The first-order chi connectivity index (χ1) is 14.2. The molecule has 0 unspecified atom stereocenters. The van der Waals surface area contributed by atoms with Gasteiger partial charge in [0.05, 0.1) is 20.3 Å². The van der Waals surface area contributed by atoms with Gasteiger partial charge in [-0.1, -0.05) is 36.8 Å². The molecule has 3 rings (SSSR count). The molecule has 2 atom stereocenters. The quantitative estimate of drug-likeness (QED) is 0.557. The van der Waals surface area contributed by atoms with Crippen LogP contribution in [0.2, 0.25) is 0 Å². The molecule has 4 heteroatoms. The van der Waals surface area contributed by atoms with E-state index in [9.17, 15) is 0 Å². The monoisotopic (exact) mass is 397 g/mol. The average molecular weight is 398 g/mol. The molecule has 158 valence electrons. The first kappa shape index (κ1) is 21.8. The highest BCUT2D eigenvalue weighted by atomic mass is 16.5. The molecule has 0 radical (unpaired) electrons. The summed E-state index contributed by atoms with van der Waals surface area (Å²) in [6.45, 7) is 2.37. The molecule has 29 heavy (non-hydrogen) atoms. The summed E-state index contributed by atoms with van der Waals surface area (Å²) in [5, 5.41) is 9.01. The van der Waals surface area contributed by atoms with Gasteiger partial charge in [-0.2, -0.15) is 0 Å². The van der Waals surface area contributed by atoms with E-state index in [1.807, 2.05) is 18.2 Å². The van der Waals surface area contributed by atoms with Crippen molar-refractivity contribution in [2.75, 3.05) is 26.9 Å². The van der Waals surface area contributed by atoms with Crippen LogP contribution in [-0.2, 0) is 24.2 Å². The Morgan fingerprint density at radius 2 is 2.03 bits per heavy atom. The summed E-state index contributed by atoms with van der Waals surface area (Å²) in [7, 11) is 1.69. The predicted molar refractivity (Wildman–Crippen MR) is 117 cm³/mol. The lowest BCUT2D eigenvalue weighted by Crippen LogP contribution is -2.20. The third kappa shape index (κ3) is 6.30. The molecule has 1 aliphatic rings. The summed E-state index contributed by atoms with van der Waals surface area (Å²) >= 11 is 0. The minimum Gasteiger partial charge on any atom is -0.497 e. The molecule has 0 saturated heterocycles. The first-order valence-corrected chi connectivity index (χ1v) is 10.9. The van der Waals surface area contributed by atoms with E-state index in [2.05, 4.69) is 24.3 Å². The van der Waals surface area contributed by atoms with Crippen molar-refractivity contribution >= 4 is 0 Å². The van der Waals surface area contributed by atoms with E-state index in [1.165, 1.54) is 23.1 Å². The van der Waals surface area contributed by atoms with Crippen molar-refractivity contribution in [1.29, 1.82) is 0 Å². The number of methoxy groups -OCH3 is 1. The maximum absolute atomic E-state index is 9.01. The molecule has 2 aromatic rings. The van der Waals surface area contributed by atoms with Crippen molar-refractivity contribution < 1.29 is 14.6 Å². The molecule has 0 heterocycles. The SMILES string of the molecule is COc1cccc(COC[C@@H]2CCc3cc([C@H](CN)CCCCO)ccc3C2)c1. The lowest BCUT2D eigenvalue weighted by molar-refractivity contribution is 0.0822. The summed E-state index contributed by atoms with van der Waals surface area (Å²) in [4.78, 5) is 0. The number of fused-ring (bicyclic) bond motifs is 1. The zero-order valence-electron chi connectivity index (χ0n) is 17.6. The molecule has 2 aromatic carbocycles. The molecule has 0 bridgehead atoms. The van der Waals surface area contributed by atoms with Gasteiger partial charge in [-0.15, -0.1) is 0 Å². The van der Waals surface area contributed by atoms with Crippen LogP contribution in [0.3, 0.4) is 0 Å². The minimum absolute atomic E-state index is 0.267. The van der Waals surface area contributed by atoms with E-state index in [-0.39, 0.29) is 6.61 Å². The van der Waals surface area contributed by atoms with Gasteiger partial charge >= 0.3 is 0 Å². The molecule has 0 amide bonds. The minimum atomic E-state index is 0.267. The van der Waals surface area contributed by atoms with Gasteiger partial charge in [0.2, 0.25) is 0 Å². The van der Waals surface area contributed by atoms with Gasteiger partial charge in [0, 0.05) is 6.61 Å². The highest BCUT2D eigenvalue weighted by Crippen LogP contribution is 2.30.